The highest BCUT2D eigenvalue weighted by molar-refractivity contribution is 5.89. The molecule has 0 spiro atoms. The van der Waals surface area contributed by atoms with Crippen LogP contribution in [0, 0.1) is 0 Å². The minimum atomic E-state index is -0.425. The molecule has 0 radical (unpaired) electrons. The number of hydrogen-bond acceptors (Lipinski definition) is 5. The maximum Gasteiger partial charge on any atom is 0.414 e. The summed E-state index contributed by atoms with van der Waals surface area (Å²) in [5.74, 6) is 0.478. The number of carbonyl (C=O) groups excluding carboxylic acids is 2. The first-order valence-corrected chi connectivity index (χ1v) is 6.52. The first-order chi connectivity index (χ1) is 10.1. The SMILES string of the molecule is COCC(=O)NC[C@@H]1CN(c2ccc(OC)cc2)C(=O)O1. The van der Waals surface area contributed by atoms with Gasteiger partial charge in [-0.15, -0.1) is 0 Å². The van der Waals surface area contributed by atoms with Crippen molar-refractivity contribution in [1.82, 2.24) is 5.32 Å². The van der Waals surface area contributed by atoms with Gasteiger partial charge in [0.25, 0.3) is 0 Å². The number of cyclic esters (lactones) is 1. The van der Waals surface area contributed by atoms with Gasteiger partial charge in [0.2, 0.25) is 5.91 Å². The Morgan fingerprint density at radius 3 is 2.71 bits per heavy atom. The van der Waals surface area contributed by atoms with E-state index in [0.717, 1.165) is 11.4 Å². The zero-order chi connectivity index (χ0) is 15.2. The number of ether oxygens (including phenoxy) is 3. The third-order valence-corrected chi connectivity index (χ3v) is 3.06. The smallest absolute Gasteiger partial charge is 0.414 e. The maximum absolute atomic E-state index is 11.8. The van der Waals surface area contributed by atoms with E-state index in [1.807, 2.05) is 0 Å². The molecular weight excluding hydrogens is 276 g/mol. The average Bonchev–Trinajstić information content (AvgIpc) is 2.87. The second-order valence-electron chi connectivity index (χ2n) is 4.55. The number of hydrogen-bond donors (Lipinski definition) is 1. The molecular formula is C14H18N2O5. The molecule has 1 aromatic carbocycles. The van der Waals surface area contributed by atoms with Gasteiger partial charge in [0, 0.05) is 12.8 Å². The molecule has 1 heterocycles. The summed E-state index contributed by atoms with van der Waals surface area (Å²) in [6.45, 7) is 0.641. The molecule has 21 heavy (non-hydrogen) atoms. The van der Waals surface area contributed by atoms with Crippen molar-refractivity contribution in [2.75, 3.05) is 38.8 Å². The number of rotatable bonds is 6. The van der Waals surface area contributed by atoms with Crippen LogP contribution in [0.5, 0.6) is 5.75 Å². The molecule has 0 aromatic heterocycles. The van der Waals surface area contributed by atoms with Gasteiger partial charge in [0.05, 0.1) is 20.2 Å². The summed E-state index contributed by atoms with van der Waals surface area (Å²) in [5, 5.41) is 2.65. The van der Waals surface area contributed by atoms with Crippen molar-refractivity contribution in [3.63, 3.8) is 0 Å². The lowest BCUT2D eigenvalue weighted by molar-refractivity contribution is -0.125. The second-order valence-corrected chi connectivity index (χ2v) is 4.55. The molecule has 0 saturated carbocycles. The summed E-state index contributed by atoms with van der Waals surface area (Å²) in [4.78, 5) is 24.7. The van der Waals surface area contributed by atoms with Crippen LogP contribution in [0.25, 0.3) is 0 Å². The first-order valence-electron chi connectivity index (χ1n) is 6.52. The van der Waals surface area contributed by atoms with Gasteiger partial charge in [-0.25, -0.2) is 4.79 Å². The van der Waals surface area contributed by atoms with Gasteiger partial charge in [0.1, 0.15) is 18.5 Å². The molecule has 2 amide bonds. The van der Waals surface area contributed by atoms with Crippen molar-refractivity contribution in [2.45, 2.75) is 6.10 Å². The Bertz CT molecular complexity index is 503. The standard InChI is InChI=1S/C14H18N2O5/c1-19-9-13(17)15-7-12-8-16(14(18)21-12)10-3-5-11(20-2)6-4-10/h3-6,12H,7-9H2,1-2H3,(H,15,17)/t12-/m1/s1. The number of anilines is 1. The lowest BCUT2D eigenvalue weighted by Gasteiger charge is -2.13. The molecule has 1 N–H and O–H groups in total. The highest BCUT2D eigenvalue weighted by Crippen LogP contribution is 2.23. The highest BCUT2D eigenvalue weighted by atomic mass is 16.6. The van der Waals surface area contributed by atoms with Crippen LogP contribution in [0.3, 0.4) is 0 Å². The van der Waals surface area contributed by atoms with Crippen LogP contribution < -0.4 is 15.0 Å². The van der Waals surface area contributed by atoms with E-state index < -0.39 is 6.09 Å². The fraction of sp³-hybridized carbons (Fsp3) is 0.429. The molecule has 1 fully saturated rings. The number of amides is 2. The number of nitrogens with zero attached hydrogens (tertiary/aromatic N) is 1. The minimum Gasteiger partial charge on any atom is -0.497 e. The van der Waals surface area contributed by atoms with Gasteiger partial charge in [0.15, 0.2) is 0 Å². The Balaban J connectivity index is 1.91. The van der Waals surface area contributed by atoms with E-state index in [2.05, 4.69) is 5.32 Å². The van der Waals surface area contributed by atoms with E-state index in [0.29, 0.717) is 6.54 Å². The summed E-state index contributed by atoms with van der Waals surface area (Å²) >= 11 is 0. The molecule has 1 aliphatic rings. The van der Waals surface area contributed by atoms with Gasteiger partial charge in [-0.1, -0.05) is 0 Å². The number of carbonyl (C=O) groups is 2. The molecule has 1 aliphatic heterocycles. The Hall–Kier alpha value is -2.28. The van der Waals surface area contributed by atoms with Gasteiger partial charge in [-0.05, 0) is 24.3 Å². The quantitative estimate of drug-likeness (QED) is 0.839. The Morgan fingerprint density at radius 1 is 1.38 bits per heavy atom. The molecule has 0 bridgehead atoms. The van der Waals surface area contributed by atoms with E-state index in [1.165, 1.54) is 12.0 Å². The van der Waals surface area contributed by atoms with Crippen molar-refractivity contribution >= 4 is 17.7 Å². The van der Waals surface area contributed by atoms with Crippen molar-refractivity contribution in [1.29, 1.82) is 0 Å². The van der Waals surface area contributed by atoms with E-state index in [1.54, 1.807) is 31.4 Å². The summed E-state index contributed by atoms with van der Waals surface area (Å²) in [5.41, 5.74) is 0.728. The molecule has 114 valence electrons. The molecule has 7 heteroatoms. The molecule has 7 nitrogen and oxygen atoms in total. The number of nitrogens with one attached hydrogen (secondary N) is 1. The minimum absolute atomic E-state index is 0.0111. The van der Waals surface area contributed by atoms with Crippen LogP contribution in [-0.2, 0) is 14.3 Å². The summed E-state index contributed by atoms with van der Waals surface area (Å²) in [7, 11) is 3.03. The number of methoxy groups -OCH3 is 2. The number of benzene rings is 1. The molecule has 2 rings (SSSR count). The van der Waals surface area contributed by atoms with Gasteiger partial charge in [-0.3, -0.25) is 9.69 Å². The monoisotopic (exact) mass is 294 g/mol. The zero-order valence-corrected chi connectivity index (χ0v) is 12.0. The maximum atomic E-state index is 11.8. The highest BCUT2D eigenvalue weighted by Gasteiger charge is 2.32. The van der Waals surface area contributed by atoms with Crippen LogP contribution in [0.15, 0.2) is 24.3 Å². The molecule has 1 atom stereocenters. The second kappa shape index (κ2) is 6.94. The Morgan fingerprint density at radius 2 is 2.10 bits per heavy atom. The lowest BCUT2D eigenvalue weighted by Crippen LogP contribution is -2.36. The molecule has 1 saturated heterocycles. The van der Waals surface area contributed by atoms with Crippen LogP contribution in [0.2, 0.25) is 0 Å². The zero-order valence-electron chi connectivity index (χ0n) is 12.0. The van der Waals surface area contributed by atoms with Crippen LogP contribution >= 0.6 is 0 Å². The van der Waals surface area contributed by atoms with Crippen LogP contribution in [0.4, 0.5) is 10.5 Å². The summed E-state index contributed by atoms with van der Waals surface area (Å²) in [6, 6.07) is 7.12. The fourth-order valence-electron chi connectivity index (χ4n) is 2.01. The average molecular weight is 294 g/mol. The Kier molecular flexibility index (Phi) is 4.99. The normalized spacial score (nSPS) is 17.5. The lowest BCUT2D eigenvalue weighted by atomic mass is 10.2. The van der Waals surface area contributed by atoms with E-state index >= 15 is 0 Å². The van der Waals surface area contributed by atoms with Gasteiger partial charge < -0.3 is 19.5 Å². The first kappa shape index (κ1) is 15.1. The van der Waals surface area contributed by atoms with Crippen LogP contribution in [-0.4, -0.2) is 52.0 Å². The molecule has 1 aromatic rings. The van der Waals surface area contributed by atoms with E-state index in [4.69, 9.17) is 14.2 Å². The topological polar surface area (TPSA) is 77.1 Å². The predicted octanol–water partition coefficient (Wildman–Crippen LogP) is 0.783. The van der Waals surface area contributed by atoms with Crippen molar-refractivity contribution in [3.8, 4) is 5.75 Å². The Labute approximate surface area is 122 Å². The predicted molar refractivity (Wildman–Crippen MR) is 75.5 cm³/mol. The van der Waals surface area contributed by atoms with E-state index in [-0.39, 0.29) is 25.2 Å². The largest absolute Gasteiger partial charge is 0.497 e. The van der Waals surface area contributed by atoms with Crippen molar-refractivity contribution < 1.29 is 23.8 Å². The fourth-order valence-corrected chi connectivity index (χ4v) is 2.01. The molecule has 0 aliphatic carbocycles. The summed E-state index contributed by atoms with van der Waals surface area (Å²) < 4.78 is 15.0. The third kappa shape index (κ3) is 3.85. The van der Waals surface area contributed by atoms with Crippen molar-refractivity contribution in [2.24, 2.45) is 0 Å². The summed E-state index contributed by atoms with van der Waals surface area (Å²) in [6.07, 6.45) is -0.799. The van der Waals surface area contributed by atoms with Gasteiger partial charge in [-0.2, -0.15) is 0 Å². The van der Waals surface area contributed by atoms with Crippen molar-refractivity contribution in [3.05, 3.63) is 24.3 Å². The van der Waals surface area contributed by atoms with Crippen LogP contribution in [0.1, 0.15) is 0 Å². The molecule has 0 unspecified atom stereocenters. The third-order valence-electron chi connectivity index (χ3n) is 3.06. The van der Waals surface area contributed by atoms with Gasteiger partial charge >= 0.3 is 6.09 Å². The van der Waals surface area contributed by atoms with E-state index in [9.17, 15) is 9.59 Å².